The molecule has 0 amide bonds. The monoisotopic (exact) mass is 200 g/mol. The van der Waals surface area contributed by atoms with E-state index in [0.29, 0.717) is 17.1 Å². The third kappa shape index (κ3) is 1.92. The Labute approximate surface area is 82.6 Å². The fraction of sp³-hybridized carbons (Fsp3) is 0.444. The normalized spacial score (nSPS) is 12.9. The molecule has 0 saturated heterocycles. The van der Waals surface area contributed by atoms with Crippen LogP contribution in [-0.4, -0.2) is 14.9 Å². The fourth-order valence-corrected chi connectivity index (χ4v) is 1.60. The molecular weight excluding hydrogens is 188 g/mol. The van der Waals surface area contributed by atoms with E-state index < -0.39 is 6.10 Å². The van der Waals surface area contributed by atoms with Crippen LogP contribution < -0.4 is 0 Å². The third-order valence-corrected chi connectivity index (χ3v) is 2.37. The first-order valence-corrected chi connectivity index (χ1v) is 4.43. The molecule has 0 radical (unpaired) electrons. The number of aliphatic hydroxyl groups excluding tert-OH is 1. The van der Waals surface area contributed by atoms with Crippen LogP contribution in [0, 0.1) is 6.92 Å². The van der Waals surface area contributed by atoms with Crippen molar-refractivity contribution in [2.24, 2.45) is 7.05 Å². The second-order valence-electron chi connectivity index (χ2n) is 2.95. The predicted molar refractivity (Wildman–Crippen MR) is 52.7 cm³/mol. The van der Waals surface area contributed by atoms with Gasteiger partial charge >= 0.3 is 0 Å². The van der Waals surface area contributed by atoms with Gasteiger partial charge in [0.25, 0.3) is 0 Å². The lowest BCUT2D eigenvalue weighted by Crippen LogP contribution is -1.97. The zero-order valence-electron chi connectivity index (χ0n) is 7.79. The fourth-order valence-electron chi connectivity index (χ4n) is 1.30. The Balaban J connectivity index is 3.05. The van der Waals surface area contributed by atoms with E-state index in [1.54, 1.807) is 17.8 Å². The lowest BCUT2D eigenvalue weighted by Gasteiger charge is -2.06. The Morgan fingerprint density at radius 1 is 1.77 bits per heavy atom. The first-order chi connectivity index (χ1) is 6.07. The molecule has 4 heteroatoms. The van der Waals surface area contributed by atoms with E-state index in [-0.39, 0.29) is 0 Å². The molecule has 0 fully saturated rings. The largest absolute Gasteiger partial charge is 0.388 e. The summed E-state index contributed by atoms with van der Waals surface area (Å²) in [6.07, 6.45) is 1.55. The number of halogens is 1. The molecule has 1 aromatic heterocycles. The summed E-state index contributed by atoms with van der Waals surface area (Å²) in [7, 11) is 1.75. The molecule has 0 bridgehead atoms. The topological polar surface area (TPSA) is 38.1 Å². The molecule has 0 aromatic carbocycles. The number of aromatic nitrogens is 2. The van der Waals surface area contributed by atoms with Gasteiger partial charge in [-0.1, -0.05) is 17.7 Å². The summed E-state index contributed by atoms with van der Waals surface area (Å²) in [4.78, 5) is 0. The Hall–Kier alpha value is -0.800. The first-order valence-electron chi connectivity index (χ1n) is 4.06. The van der Waals surface area contributed by atoms with Crippen molar-refractivity contribution in [3.05, 3.63) is 29.1 Å². The molecule has 1 heterocycles. The van der Waals surface area contributed by atoms with Crippen LogP contribution in [0.25, 0.3) is 0 Å². The van der Waals surface area contributed by atoms with Crippen LogP contribution in [0.3, 0.4) is 0 Å². The molecule has 13 heavy (non-hydrogen) atoms. The van der Waals surface area contributed by atoms with E-state index in [1.165, 1.54) is 0 Å². The average molecular weight is 201 g/mol. The molecule has 0 aliphatic rings. The van der Waals surface area contributed by atoms with Crippen LogP contribution >= 0.6 is 11.6 Å². The van der Waals surface area contributed by atoms with Crippen molar-refractivity contribution in [2.45, 2.75) is 19.4 Å². The maximum atomic E-state index is 9.69. The molecule has 1 N–H and O–H groups in total. The zero-order valence-corrected chi connectivity index (χ0v) is 8.54. The van der Waals surface area contributed by atoms with E-state index in [0.717, 1.165) is 5.69 Å². The van der Waals surface area contributed by atoms with Crippen molar-refractivity contribution in [3.63, 3.8) is 0 Å². The first kappa shape index (κ1) is 10.3. The molecule has 72 valence electrons. The van der Waals surface area contributed by atoms with Gasteiger partial charge in [0, 0.05) is 12.6 Å². The van der Waals surface area contributed by atoms with Gasteiger partial charge in [-0.3, -0.25) is 4.68 Å². The van der Waals surface area contributed by atoms with Crippen LogP contribution in [-0.2, 0) is 7.05 Å². The average Bonchev–Trinajstić information content (AvgIpc) is 2.27. The van der Waals surface area contributed by atoms with Crippen LogP contribution in [0.2, 0.25) is 5.15 Å². The number of aliphatic hydroxyl groups is 1. The van der Waals surface area contributed by atoms with Gasteiger partial charge in [-0.2, -0.15) is 5.10 Å². The molecule has 1 rings (SSSR count). The van der Waals surface area contributed by atoms with Gasteiger partial charge in [-0.05, 0) is 13.3 Å². The lowest BCUT2D eigenvalue weighted by atomic mass is 10.1. The maximum Gasteiger partial charge on any atom is 0.132 e. The minimum absolute atomic E-state index is 0.492. The molecule has 0 spiro atoms. The van der Waals surface area contributed by atoms with E-state index in [4.69, 9.17) is 11.6 Å². The van der Waals surface area contributed by atoms with Crippen LogP contribution in [0.15, 0.2) is 12.7 Å². The van der Waals surface area contributed by atoms with Gasteiger partial charge < -0.3 is 5.11 Å². The summed E-state index contributed by atoms with van der Waals surface area (Å²) in [5.41, 5.74) is 1.46. The highest BCUT2D eigenvalue weighted by atomic mass is 35.5. The number of nitrogens with zero attached hydrogens (tertiary/aromatic N) is 2. The minimum Gasteiger partial charge on any atom is -0.388 e. The number of hydrogen-bond acceptors (Lipinski definition) is 2. The second kappa shape index (κ2) is 3.94. The number of rotatable bonds is 3. The highest BCUT2D eigenvalue weighted by Crippen LogP contribution is 2.27. The second-order valence-corrected chi connectivity index (χ2v) is 3.31. The quantitative estimate of drug-likeness (QED) is 0.758. The summed E-state index contributed by atoms with van der Waals surface area (Å²) in [6, 6.07) is 0. The van der Waals surface area contributed by atoms with Crippen molar-refractivity contribution in [1.82, 2.24) is 9.78 Å². The summed E-state index contributed by atoms with van der Waals surface area (Å²) < 4.78 is 1.55. The Kier molecular flexibility index (Phi) is 3.12. The molecule has 0 aliphatic carbocycles. The summed E-state index contributed by atoms with van der Waals surface area (Å²) in [5.74, 6) is 0. The van der Waals surface area contributed by atoms with Gasteiger partial charge in [-0.25, -0.2) is 0 Å². The molecule has 1 atom stereocenters. The van der Waals surface area contributed by atoms with E-state index in [2.05, 4.69) is 11.7 Å². The van der Waals surface area contributed by atoms with Crippen molar-refractivity contribution in [1.29, 1.82) is 0 Å². The molecule has 0 saturated carbocycles. The van der Waals surface area contributed by atoms with Crippen molar-refractivity contribution in [3.8, 4) is 0 Å². The summed E-state index contributed by atoms with van der Waals surface area (Å²) in [5, 5.41) is 14.3. The van der Waals surface area contributed by atoms with Crippen LogP contribution in [0.1, 0.15) is 23.8 Å². The van der Waals surface area contributed by atoms with E-state index >= 15 is 0 Å². The van der Waals surface area contributed by atoms with E-state index in [1.807, 2.05) is 6.92 Å². The molecule has 1 aromatic rings. The maximum absolute atomic E-state index is 9.69. The van der Waals surface area contributed by atoms with Crippen molar-refractivity contribution in [2.75, 3.05) is 0 Å². The third-order valence-electron chi connectivity index (χ3n) is 1.92. The Morgan fingerprint density at radius 2 is 2.38 bits per heavy atom. The smallest absolute Gasteiger partial charge is 0.132 e. The van der Waals surface area contributed by atoms with Gasteiger partial charge in [0.2, 0.25) is 0 Å². The Morgan fingerprint density at radius 3 is 2.77 bits per heavy atom. The molecule has 1 unspecified atom stereocenters. The van der Waals surface area contributed by atoms with Gasteiger partial charge in [-0.15, -0.1) is 6.58 Å². The standard InChI is InChI=1S/C9H13ClN2O/c1-4-5-7(13)8-6(2)11-12(3)9(8)10/h4,7,13H,1,5H2,2-3H3. The van der Waals surface area contributed by atoms with Crippen molar-refractivity contribution < 1.29 is 5.11 Å². The zero-order chi connectivity index (χ0) is 10.0. The summed E-state index contributed by atoms with van der Waals surface area (Å²) >= 11 is 5.95. The summed E-state index contributed by atoms with van der Waals surface area (Å²) in [6.45, 7) is 5.39. The van der Waals surface area contributed by atoms with Gasteiger partial charge in [0.15, 0.2) is 0 Å². The SMILES string of the molecule is C=CCC(O)c1c(C)nn(C)c1Cl. The highest BCUT2D eigenvalue weighted by molar-refractivity contribution is 6.30. The molecule has 3 nitrogen and oxygen atoms in total. The Bertz CT molecular complexity index is 320. The van der Waals surface area contributed by atoms with Gasteiger partial charge in [0.05, 0.1) is 11.8 Å². The molecular formula is C9H13ClN2O. The van der Waals surface area contributed by atoms with Crippen LogP contribution in [0.5, 0.6) is 0 Å². The van der Waals surface area contributed by atoms with E-state index in [9.17, 15) is 5.11 Å². The van der Waals surface area contributed by atoms with Crippen molar-refractivity contribution >= 4 is 11.6 Å². The lowest BCUT2D eigenvalue weighted by molar-refractivity contribution is 0.181. The van der Waals surface area contributed by atoms with Gasteiger partial charge in [0.1, 0.15) is 5.15 Å². The number of hydrogen-bond donors (Lipinski definition) is 1. The molecule has 0 aliphatic heterocycles. The predicted octanol–water partition coefficient (Wildman–Crippen LogP) is 1.99. The number of aryl methyl sites for hydroxylation is 2. The highest BCUT2D eigenvalue weighted by Gasteiger charge is 2.17. The van der Waals surface area contributed by atoms with Crippen LogP contribution in [0.4, 0.5) is 0 Å². The minimum atomic E-state index is -0.598.